The molecule has 1 unspecified atom stereocenters. The van der Waals surface area contributed by atoms with Crippen LogP contribution in [-0.4, -0.2) is 45.4 Å². The monoisotopic (exact) mass is 353 g/mol. The molecule has 0 aliphatic carbocycles. The summed E-state index contributed by atoms with van der Waals surface area (Å²) >= 11 is 0. The number of aromatic nitrogens is 3. The normalized spacial score (nSPS) is 16.2. The molecule has 2 aromatic heterocycles. The molecule has 0 bridgehead atoms. The lowest BCUT2D eigenvalue weighted by molar-refractivity contribution is 0.0922. The number of likely N-dealkylation sites (tertiary alicyclic amines) is 1. The smallest absolute Gasteiger partial charge is 0.254 e. The van der Waals surface area contributed by atoms with Crippen LogP contribution in [0.5, 0.6) is 0 Å². The van der Waals surface area contributed by atoms with Crippen LogP contribution in [0.3, 0.4) is 0 Å². The number of rotatable bonds is 7. The predicted octanol–water partition coefficient (Wildman–Crippen LogP) is 2.78. The zero-order valence-corrected chi connectivity index (χ0v) is 15.4. The number of aryl methyl sites for hydroxylation is 1. The lowest BCUT2D eigenvalue weighted by Crippen LogP contribution is -2.41. The van der Waals surface area contributed by atoms with Crippen molar-refractivity contribution >= 4 is 5.91 Å². The molecule has 0 radical (unpaired) electrons. The molecule has 1 saturated heterocycles. The molecule has 1 aliphatic rings. The number of nitrogens with one attached hydrogen (secondary N) is 1. The highest BCUT2D eigenvalue weighted by Gasteiger charge is 2.23. The fourth-order valence-corrected chi connectivity index (χ4v) is 3.53. The average molecular weight is 353 g/mol. The lowest BCUT2D eigenvalue weighted by Gasteiger charge is -2.34. The molecule has 3 heterocycles. The number of piperidine rings is 1. The average Bonchev–Trinajstić information content (AvgIpc) is 2.70. The predicted molar refractivity (Wildman–Crippen MR) is 101 cm³/mol. The first-order valence-electron chi connectivity index (χ1n) is 9.50. The molecule has 138 valence electrons. The first kappa shape index (κ1) is 18.5. The van der Waals surface area contributed by atoms with Gasteiger partial charge in [-0.1, -0.05) is 25.8 Å². The second kappa shape index (κ2) is 9.38. The highest BCUT2D eigenvalue weighted by molar-refractivity contribution is 5.94. The summed E-state index contributed by atoms with van der Waals surface area (Å²) in [6, 6.07) is 4.19. The van der Waals surface area contributed by atoms with Crippen molar-refractivity contribution in [3.05, 3.63) is 53.9 Å². The van der Waals surface area contributed by atoms with E-state index in [1.165, 1.54) is 25.6 Å². The third kappa shape index (κ3) is 4.64. The van der Waals surface area contributed by atoms with Crippen molar-refractivity contribution in [1.82, 2.24) is 25.2 Å². The Morgan fingerprint density at radius 2 is 2.08 bits per heavy atom. The van der Waals surface area contributed by atoms with Crippen LogP contribution < -0.4 is 5.32 Å². The number of carbonyl (C=O) groups excluding carboxylic acids is 1. The summed E-state index contributed by atoms with van der Waals surface area (Å²) < 4.78 is 0. The van der Waals surface area contributed by atoms with Crippen LogP contribution in [0.25, 0.3) is 0 Å². The van der Waals surface area contributed by atoms with E-state index in [0.717, 1.165) is 37.2 Å². The van der Waals surface area contributed by atoms with Gasteiger partial charge in [-0.3, -0.25) is 14.7 Å². The van der Waals surface area contributed by atoms with E-state index < -0.39 is 0 Å². The van der Waals surface area contributed by atoms with Gasteiger partial charge < -0.3 is 5.32 Å². The van der Waals surface area contributed by atoms with Gasteiger partial charge in [0.05, 0.1) is 17.3 Å². The Balaban J connectivity index is 1.72. The maximum atomic E-state index is 12.7. The van der Waals surface area contributed by atoms with E-state index >= 15 is 0 Å². The fourth-order valence-electron chi connectivity index (χ4n) is 3.53. The Labute approximate surface area is 155 Å². The summed E-state index contributed by atoms with van der Waals surface area (Å²) in [5, 5.41) is 3.11. The summed E-state index contributed by atoms with van der Waals surface area (Å²) in [5.41, 5.74) is 2.54. The summed E-state index contributed by atoms with van der Waals surface area (Å²) in [5.74, 6) is -0.0973. The number of nitrogens with zero attached hydrogens (tertiary/aromatic N) is 4. The Morgan fingerprint density at radius 3 is 2.81 bits per heavy atom. The quantitative estimate of drug-likeness (QED) is 0.829. The highest BCUT2D eigenvalue weighted by Crippen LogP contribution is 2.23. The van der Waals surface area contributed by atoms with E-state index in [1.807, 2.05) is 12.3 Å². The number of hydrogen-bond acceptors (Lipinski definition) is 5. The molecule has 6 nitrogen and oxygen atoms in total. The van der Waals surface area contributed by atoms with Crippen LogP contribution >= 0.6 is 0 Å². The molecule has 2 aromatic rings. The van der Waals surface area contributed by atoms with Gasteiger partial charge >= 0.3 is 0 Å². The largest absolute Gasteiger partial charge is 0.350 e. The molecule has 1 amide bonds. The maximum Gasteiger partial charge on any atom is 0.254 e. The molecule has 26 heavy (non-hydrogen) atoms. The minimum Gasteiger partial charge on any atom is -0.350 e. The summed E-state index contributed by atoms with van der Waals surface area (Å²) in [4.78, 5) is 27.8. The van der Waals surface area contributed by atoms with E-state index in [0.29, 0.717) is 12.1 Å². The van der Waals surface area contributed by atoms with E-state index in [1.54, 1.807) is 12.4 Å². The standard InChI is InChI=1S/C20H27N5O/c1-2-7-18-17(13-22-15-24-18)20(26)23-14-19(16-8-6-9-21-12-16)25-10-4-3-5-11-25/h6,8-9,12-13,15,19H,2-5,7,10-11,14H2,1H3,(H,23,26). The van der Waals surface area contributed by atoms with Crippen LogP contribution in [0.2, 0.25) is 0 Å². The van der Waals surface area contributed by atoms with Crippen LogP contribution in [-0.2, 0) is 6.42 Å². The van der Waals surface area contributed by atoms with Gasteiger partial charge in [0.25, 0.3) is 5.91 Å². The summed E-state index contributed by atoms with van der Waals surface area (Å²) in [6.45, 7) is 4.76. The van der Waals surface area contributed by atoms with Crippen LogP contribution in [0, 0.1) is 0 Å². The van der Waals surface area contributed by atoms with E-state index in [2.05, 4.69) is 38.2 Å². The molecule has 1 atom stereocenters. The lowest BCUT2D eigenvalue weighted by atomic mass is 10.0. The third-order valence-corrected chi connectivity index (χ3v) is 4.88. The van der Waals surface area contributed by atoms with E-state index in [9.17, 15) is 4.79 Å². The SMILES string of the molecule is CCCc1ncncc1C(=O)NCC(c1cccnc1)N1CCCCC1. The van der Waals surface area contributed by atoms with Gasteiger partial charge in [0.2, 0.25) is 0 Å². The van der Waals surface area contributed by atoms with Gasteiger partial charge in [-0.05, 0) is 44.0 Å². The Hall–Kier alpha value is -2.34. The number of carbonyl (C=O) groups is 1. The summed E-state index contributed by atoms with van der Waals surface area (Å²) in [6.07, 6.45) is 12.2. The topological polar surface area (TPSA) is 71.0 Å². The molecule has 0 spiro atoms. The molecule has 1 aliphatic heterocycles. The minimum absolute atomic E-state index is 0.0973. The van der Waals surface area contributed by atoms with E-state index in [-0.39, 0.29) is 11.9 Å². The number of pyridine rings is 1. The van der Waals surface area contributed by atoms with E-state index in [4.69, 9.17) is 0 Å². The van der Waals surface area contributed by atoms with Crippen LogP contribution in [0.15, 0.2) is 37.1 Å². The van der Waals surface area contributed by atoms with Crippen molar-refractivity contribution in [3.8, 4) is 0 Å². The fraction of sp³-hybridized carbons (Fsp3) is 0.500. The molecular formula is C20H27N5O. The second-order valence-corrected chi connectivity index (χ2v) is 6.74. The van der Waals surface area contributed by atoms with Gasteiger partial charge in [-0.15, -0.1) is 0 Å². The zero-order valence-electron chi connectivity index (χ0n) is 15.4. The van der Waals surface area contributed by atoms with Crippen molar-refractivity contribution in [2.45, 2.75) is 45.1 Å². The van der Waals surface area contributed by atoms with Crippen molar-refractivity contribution in [3.63, 3.8) is 0 Å². The zero-order chi connectivity index (χ0) is 18.2. The molecular weight excluding hydrogens is 326 g/mol. The number of amides is 1. The molecule has 3 rings (SSSR count). The Kier molecular flexibility index (Phi) is 6.66. The second-order valence-electron chi connectivity index (χ2n) is 6.74. The van der Waals surface area contributed by atoms with Crippen LogP contribution in [0.1, 0.15) is 60.3 Å². The molecule has 6 heteroatoms. The molecule has 1 fully saturated rings. The molecule has 0 saturated carbocycles. The highest BCUT2D eigenvalue weighted by atomic mass is 16.1. The maximum absolute atomic E-state index is 12.7. The van der Waals surface area contributed by atoms with Gasteiger partial charge in [0, 0.05) is 25.1 Å². The first-order chi connectivity index (χ1) is 12.8. The Bertz CT molecular complexity index is 700. The van der Waals surface area contributed by atoms with Gasteiger partial charge in [0.1, 0.15) is 6.33 Å². The first-order valence-corrected chi connectivity index (χ1v) is 9.50. The van der Waals surface area contributed by atoms with Crippen LogP contribution in [0.4, 0.5) is 0 Å². The summed E-state index contributed by atoms with van der Waals surface area (Å²) in [7, 11) is 0. The number of hydrogen-bond donors (Lipinski definition) is 1. The minimum atomic E-state index is -0.0973. The Morgan fingerprint density at radius 1 is 1.23 bits per heavy atom. The van der Waals surface area contributed by atoms with Crippen molar-refractivity contribution in [2.24, 2.45) is 0 Å². The third-order valence-electron chi connectivity index (χ3n) is 4.88. The van der Waals surface area contributed by atoms with Gasteiger partial charge in [-0.2, -0.15) is 0 Å². The van der Waals surface area contributed by atoms with Crippen molar-refractivity contribution < 1.29 is 4.79 Å². The van der Waals surface area contributed by atoms with Gasteiger partial charge in [0.15, 0.2) is 0 Å². The van der Waals surface area contributed by atoms with Crippen molar-refractivity contribution in [2.75, 3.05) is 19.6 Å². The van der Waals surface area contributed by atoms with Crippen molar-refractivity contribution in [1.29, 1.82) is 0 Å². The molecule has 1 N–H and O–H groups in total. The molecule has 0 aromatic carbocycles. The van der Waals surface area contributed by atoms with Gasteiger partial charge in [-0.25, -0.2) is 9.97 Å².